The first-order chi connectivity index (χ1) is 6.42. The van der Waals surface area contributed by atoms with Crippen molar-refractivity contribution in [3.8, 4) is 5.88 Å². The highest BCUT2D eigenvalue weighted by Gasteiger charge is 2.15. The molecule has 1 rings (SSSR count). The smallest absolute Gasteiger partial charge is 0.233 e. The third kappa shape index (κ3) is 3.16. The molecule has 3 nitrogen and oxygen atoms in total. The van der Waals surface area contributed by atoms with Crippen molar-refractivity contribution in [1.82, 2.24) is 4.98 Å². The lowest BCUT2D eigenvalue weighted by Crippen LogP contribution is -2.23. The molecule has 0 radical (unpaired) electrons. The number of aliphatic hydroxyl groups excluding tert-OH is 1. The maximum absolute atomic E-state index is 8.85. The Morgan fingerprint density at radius 1 is 1.50 bits per heavy atom. The van der Waals surface area contributed by atoms with Gasteiger partial charge in [-0.05, 0) is 32.4 Å². The van der Waals surface area contributed by atoms with Crippen LogP contribution in [0.1, 0.15) is 26.3 Å². The lowest BCUT2D eigenvalue weighted by atomic mass is 10.2. The van der Waals surface area contributed by atoms with Crippen LogP contribution in [0.4, 0.5) is 0 Å². The molecule has 0 aliphatic heterocycles. The molecule has 0 aliphatic carbocycles. The first-order valence-electron chi connectivity index (χ1n) is 4.36. The number of ether oxygens (including phenoxy) is 1. The van der Waals surface area contributed by atoms with E-state index in [0.717, 1.165) is 0 Å². The zero-order chi connectivity index (χ0) is 10.8. The molecule has 78 valence electrons. The van der Waals surface area contributed by atoms with Gasteiger partial charge in [-0.25, -0.2) is 4.98 Å². The third-order valence-electron chi connectivity index (χ3n) is 1.45. The molecule has 1 N–H and O–H groups in total. The molecule has 1 heterocycles. The Kier molecular flexibility index (Phi) is 3.34. The Hall–Kier alpha value is -0.800. The summed E-state index contributed by atoms with van der Waals surface area (Å²) in [5, 5.41) is 9.27. The lowest BCUT2D eigenvalue weighted by Gasteiger charge is -2.20. The summed E-state index contributed by atoms with van der Waals surface area (Å²) in [5.41, 5.74) is 0.355. The van der Waals surface area contributed by atoms with Gasteiger partial charge in [-0.15, -0.1) is 0 Å². The molecule has 14 heavy (non-hydrogen) atoms. The summed E-state index contributed by atoms with van der Waals surface area (Å²) in [4.78, 5) is 4.02. The molecule has 0 saturated heterocycles. The number of aliphatic hydroxyl groups is 1. The normalized spacial score (nSPS) is 11.5. The van der Waals surface area contributed by atoms with Crippen molar-refractivity contribution in [2.24, 2.45) is 0 Å². The largest absolute Gasteiger partial charge is 0.471 e. The predicted molar refractivity (Wildman–Crippen MR) is 55.6 cm³/mol. The maximum atomic E-state index is 8.85. The lowest BCUT2D eigenvalue weighted by molar-refractivity contribution is 0.124. The topological polar surface area (TPSA) is 42.4 Å². The second-order valence-electron chi connectivity index (χ2n) is 4.00. The van der Waals surface area contributed by atoms with Gasteiger partial charge in [-0.1, -0.05) is 11.6 Å². The van der Waals surface area contributed by atoms with Gasteiger partial charge in [-0.2, -0.15) is 0 Å². The van der Waals surface area contributed by atoms with Crippen LogP contribution in [-0.2, 0) is 6.61 Å². The monoisotopic (exact) mass is 215 g/mol. The van der Waals surface area contributed by atoms with Crippen molar-refractivity contribution in [2.75, 3.05) is 0 Å². The molecule has 0 aliphatic rings. The minimum absolute atomic E-state index is 0.0669. The molecule has 0 atom stereocenters. The van der Waals surface area contributed by atoms with E-state index in [1.165, 1.54) is 0 Å². The Morgan fingerprint density at radius 2 is 2.14 bits per heavy atom. The van der Waals surface area contributed by atoms with E-state index < -0.39 is 0 Å². The average Bonchev–Trinajstić information content (AvgIpc) is 2.06. The Labute approximate surface area is 88.7 Å². The van der Waals surface area contributed by atoms with Crippen molar-refractivity contribution >= 4 is 11.6 Å². The molecule has 0 saturated carbocycles. The molecule has 0 amide bonds. The summed E-state index contributed by atoms with van der Waals surface area (Å²) in [5.74, 6) is 0.399. The van der Waals surface area contributed by atoms with Crippen LogP contribution in [0.3, 0.4) is 0 Å². The number of halogens is 1. The van der Waals surface area contributed by atoms with Crippen molar-refractivity contribution in [1.29, 1.82) is 0 Å². The molecule has 0 spiro atoms. The van der Waals surface area contributed by atoms with Gasteiger partial charge in [0.2, 0.25) is 5.88 Å². The fourth-order valence-electron chi connectivity index (χ4n) is 0.917. The first-order valence-corrected chi connectivity index (χ1v) is 4.74. The van der Waals surface area contributed by atoms with E-state index in [0.29, 0.717) is 16.5 Å². The molecule has 0 fully saturated rings. The van der Waals surface area contributed by atoms with E-state index in [9.17, 15) is 0 Å². The Balaban J connectivity index is 2.89. The Morgan fingerprint density at radius 3 is 2.57 bits per heavy atom. The van der Waals surface area contributed by atoms with Crippen LogP contribution in [0.15, 0.2) is 12.3 Å². The van der Waals surface area contributed by atoms with Gasteiger partial charge in [0.05, 0.1) is 6.61 Å². The van der Waals surface area contributed by atoms with Crippen LogP contribution in [0, 0.1) is 0 Å². The van der Waals surface area contributed by atoms with Crippen LogP contribution in [0.2, 0.25) is 5.02 Å². The van der Waals surface area contributed by atoms with Gasteiger partial charge in [0.25, 0.3) is 0 Å². The standard InChI is InChI=1S/C10H14ClNO2/c1-10(2,3)14-9-8(11)4-7(6-13)5-12-9/h4-5,13H,6H2,1-3H3. The number of aromatic nitrogens is 1. The van der Waals surface area contributed by atoms with Crippen molar-refractivity contribution in [3.05, 3.63) is 22.8 Å². The van der Waals surface area contributed by atoms with Gasteiger partial charge < -0.3 is 9.84 Å². The number of nitrogens with zero attached hydrogens (tertiary/aromatic N) is 1. The first kappa shape index (κ1) is 11.3. The summed E-state index contributed by atoms with van der Waals surface area (Å²) >= 11 is 5.92. The van der Waals surface area contributed by atoms with Gasteiger partial charge in [0, 0.05) is 6.20 Å². The van der Waals surface area contributed by atoms with Crippen LogP contribution >= 0.6 is 11.6 Å². The van der Waals surface area contributed by atoms with Crippen molar-refractivity contribution < 1.29 is 9.84 Å². The zero-order valence-electron chi connectivity index (χ0n) is 8.54. The van der Waals surface area contributed by atoms with E-state index in [4.69, 9.17) is 21.4 Å². The zero-order valence-corrected chi connectivity index (χ0v) is 9.30. The summed E-state index contributed by atoms with van der Waals surface area (Å²) in [6, 6.07) is 1.65. The van der Waals surface area contributed by atoms with Crippen molar-refractivity contribution in [3.63, 3.8) is 0 Å². The van der Waals surface area contributed by atoms with Crippen molar-refractivity contribution in [2.45, 2.75) is 33.0 Å². The Bertz CT molecular complexity index is 320. The van der Waals surface area contributed by atoms with E-state index in [1.54, 1.807) is 12.3 Å². The summed E-state index contributed by atoms with van der Waals surface area (Å²) in [7, 11) is 0. The second-order valence-corrected chi connectivity index (χ2v) is 4.41. The highest BCUT2D eigenvalue weighted by atomic mass is 35.5. The summed E-state index contributed by atoms with van der Waals surface area (Å²) < 4.78 is 5.51. The molecule has 0 bridgehead atoms. The van der Waals surface area contributed by atoms with E-state index in [2.05, 4.69) is 4.98 Å². The average molecular weight is 216 g/mol. The molecular weight excluding hydrogens is 202 g/mol. The summed E-state index contributed by atoms with van der Waals surface area (Å²) in [6.07, 6.45) is 1.55. The number of pyridine rings is 1. The maximum Gasteiger partial charge on any atom is 0.233 e. The van der Waals surface area contributed by atoms with E-state index >= 15 is 0 Å². The van der Waals surface area contributed by atoms with Crippen LogP contribution in [0.25, 0.3) is 0 Å². The van der Waals surface area contributed by atoms with Gasteiger partial charge in [0.1, 0.15) is 10.6 Å². The molecule has 1 aromatic heterocycles. The van der Waals surface area contributed by atoms with E-state index in [1.807, 2.05) is 20.8 Å². The fraction of sp³-hybridized carbons (Fsp3) is 0.500. The van der Waals surface area contributed by atoms with Gasteiger partial charge in [0.15, 0.2) is 0 Å². The number of rotatable bonds is 2. The van der Waals surface area contributed by atoms with Gasteiger partial charge >= 0.3 is 0 Å². The van der Waals surface area contributed by atoms with Crippen LogP contribution in [-0.4, -0.2) is 15.7 Å². The van der Waals surface area contributed by atoms with Gasteiger partial charge in [-0.3, -0.25) is 0 Å². The van der Waals surface area contributed by atoms with Crippen LogP contribution < -0.4 is 4.74 Å². The highest BCUT2D eigenvalue weighted by Crippen LogP contribution is 2.25. The highest BCUT2D eigenvalue weighted by molar-refractivity contribution is 6.31. The summed E-state index contributed by atoms with van der Waals surface area (Å²) in [6.45, 7) is 5.70. The number of hydrogen-bond acceptors (Lipinski definition) is 3. The predicted octanol–water partition coefficient (Wildman–Crippen LogP) is 2.40. The molecule has 4 heteroatoms. The quantitative estimate of drug-likeness (QED) is 0.824. The molecule has 0 unspecified atom stereocenters. The van der Waals surface area contributed by atoms with Crippen LogP contribution in [0.5, 0.6) is 5.88 Å². The fourth-order valence-corrected chi connectivity index (χ4v) is 1.14. The SMILES string of the molecule is CC(C)(C)Oc1ncc(CO)cc1Cl. The third-order valence-corrected chi connectivity index (χ3v) is 1.72. The number of hydrogen-bond donors (Lipinski definition) is 1. The minimum Gasteiger partial charge on any atom is -0.471 e. The second kappa shape index (κ2) is 4.15. The molecule has 1 aromatic rings. The molecular formula is C10H14ClNO2. The minimum atomic E-state index is -0.322. The van der Waals surface area contributed by atoms with E-state index in [-0.39, 0.29) is 12.2 Å². The molecule has 0 aromatic carbocycles.